The van der Waals surface area contributed by atoms with E-state index in [0.29, 0.717) is 10.7 Å². The van der Waals surface area contributed by atoms with Gasteiger partial charge in [0.05, 0.1) is 38.5 Å². The summed E-state index contributed by atoms with van der Waals surface area (Å²) in [7, 11) is 1.13. The molecular weight excluding hydrogens is 399 g/mol. The highest BCUT2D eigenvalue weighted by molar-refractivity contribution is 6.42. The van der Waals surface area contributed by atoms with Crippen molar-refractivity contribution in [2.24, 2.45) is 0 Å². The lowest BCUT2D eigenvalue weighted by molar-refractivity contribution is -0.384. The van der Waals surface area contributed by atoms with Crippen LogP contribution in [0.2, 0.25) is 10.0 Å². The molecule has 0 aliphatic heterocycles. The van der Waals surface area contributed by atoms with Crippen molar-refractivity contribution in [1.82, 2.24) is 9.97 Å². The van der Waals surface area contributed by atoms with E-state index in [9.17, 15) is 20.0 Å². The number of hydrogen-bond donors (Lipinski definition) is 2. The van der Waals surface area contributed by atoms with Gasteiger partial charge in [0.15, 0.2) is 0 Å². The molecule has 3 rings (SSSR count). The third-order valence-electron chi connectivity index (χ3n) is 3.56. The number of fused-ring (bicyclic) bond motifs is 1. The highest BCUT2D eigenvalue weighted by Crippen LogP contribution is 2.32. The van der Waals surface area contributed by atoms with Crippen molar-refractivity contribution in [1.29, 1.82) is 0 Å². The minimum absolute atomic E-state index is 0.0116. The fourth-order valence-electron chi connectivity index (χ4n) is 2.33. The lowest BCUT2D eigenvalue weighted by Crippen LogP contribution is -2.06. The van der Waals surface area contributed by atoms with Gasteiger partial charge >= 0.3 is 5.97 Å². The Hall–Kier alpha value is -3.17. The van der Waals surface area contributed by atoms with Gasteiger partial charge in [-0.1, -0.05) is 23.2 Å². The van der Waals surface area contributed by atoms with E-state index < -0.39 is 22.5 Å². The lowest BCUT2D eigenvalue weighted by Gasteiger charge is -2.10. The van der Waals surface area contributed by atoms with Crippen LogP contribution < -0.4 is 5.32 Å². The number of aromatic nitrogens is 2. The van der Waals surface area contributed by atoms with E-state index in [4.69, 9.17) is 23.2 Å². The van der Waals surface area contributed by atoms with Gasteiger partial charge < -0.3 is 15.2 Å². The second kappa shape index (κ2) is 7.22. The zero-order valence-electron chi connectivity index (χ0n) is 13.6. The van der Waals surface area contributed by atoms with E-state index in [-0.39, 0.29) is 27.4 Å². The maximum atomic E-state index is 12.0. The predicted octanol–water partition coefficient (Wildman–Crippen LogP) is 4.08. The molecule has 0 atom stereocenters. The summed E-state index contributed by atoms with van der Waals surface area (Å²) in [6.45, 7) is 0. The maximum Gasteiger partial charge on any atom is 0.340 e. The number of nitrogens with one attached hydrogen (secondary N) is 1. The summed E-state index contributed by atoms with van der Waals surface area (Å²) in [6.07, 6.45) is 0. The van der Waals surface area contributed by atoms with E-state index in [0.717, 1.165) is 19.2 Å². The molecule has 1 heterocycles. The van der Waals surface area contributed by atoms with Gasteiger partial charge in [0.1, 0.15) is 0 Å². The van der Waals surface area contributed by atoms with Gasteiger partial charge in [-0.3, -0.25) is 10.1 Å². The molecule has 0 saturated heterocycles. The van der Waals surface area contributed by atoms with E-state index in [1.165, 1.54) is 6.07 Å². The van der Waals surface area contributed by atoms with Crippen LogP contribution in [0.15, 0.2) is 30.3 Å². The quantitative estimate of drug-likeness (QED) is 0.375. The Bertz CT molecular complexity index is 1090. The number of rotatable bonds is 4. The SMILES string of the molecule is COC(=O)c1cc([N+](=O)[O-])cc2c(O)nc(Nc3ccc(Cl)c(Cl)c3)nc12. The minimum Gasteiger partial charge on any atom is -0.493 e. The number of carbonyl (C=O) groups excluding carboxylic acids is 1. The predicted molar refractivity (Wildman–Crippen MR) is 98.9 cm³/mol. The van der Waals surface area contributed by atoms with E-state index >= 15 is 0 Å². The highest BCUT2D eigenvalue weighted by Gasteiger charge is 2.22. The molecule has 0 spiro atoms. The van der Waals surface area contributed by atoms with Gasteiger partial charge in [-0.05, 0) is 18.2 Å². The summed E-state index contributed by atoms with van der Waals surface area (Å²) in [5, 5.41) is 24.7. The number of hydrogen-bond acceptors (Lipinski definition) is 8. The van der Waals surface area contributed by atoms with Crippen molar-refractivity contribution in [3.63, 3.8) is 0 Å². The molecule has 0 bridgehead atoms. The zero-order valence-corrected chi connectivity index (χ0v) is 15.1. The molecule has 0 unspecified atom stereocenters. The van der Waals surface area contributed by atoms with Crippen LogP contribution in [0.3, 0.4) is 0 Å². The number of methoxy groups -OCH3 is 1. The third-order valence-corrected chi connectivity index (χ3v) is 4.30. The van der Waals surface area contributed by atoms with Crippen molar-refractivity contribution in [3.05, 3.63) is 56.1 Å². The van der Waals surface area contributed by atoms with E-state index in [2.05, 4.69) is 20.0 Å². The molecule has 0 saturated carbocycles. The molecule has 9 nitrogen and oxygen atoms in total. The number of non-ortho nitro benzene ring substituents is 1. The number of esters is 1. The Morgan fingerprint density at radius 3 is 2.59 bits per heavy atom. The summed E-state index contributed by atoms with van der Waals surface area (Å²) in [5.74, 6) is -1.45. The van der Waals surface area contributed by atoms with Crippen LogP contribution in [0.5, 0.6) is 5.88 Å². The number of carbonyl (C=O) groups is 1. The maximum absolute atomic E-state index is 12.0. The first-order chi connectivity index (χ1) is 12.8. The third kappa shape index (κ3) is 3.69. The number of anilines is 2. The lowest BCUT2D eigenvalue weighted by atomic mass is 10.1. The largest absolute Gasteiger partial charge is 0.493 e. The molecule has 0 amide bonds. The van der Waals surface area contributed by atoms with Gasteiger partial charge in [-0.25, -0.2) is 9.78 Å². The molecule has 0 aliphatic rings. The fourth-order valence-corrected chi connectivity index (χ4v) is 2.63. The topological polar surface area (TPSA) is 127 Å². The van der Waals surface area contributed by atoms with E-state index in [1.807, 2.05) is 0 Å². The first-order valence-electron chi connectivity index (χ1n) is 7.29. The van der Waals surface area contributed by atoms with E-state index in [1.54, 1.807) is 12.1 Å². The molecular formula is C16H10Cl2N4O5. The van der Waals surface area contributed by atoms with Crippen LogP contribution in [0, 0.1) is 10.1 Å². The standard InChI is InChI=1S/C16H10Cl2N4O5/c1-27-15(24)10-6-8(22(25)26)5-9-13(10)20-16(21-14(9)23)19-7-2-3-11(17)12(18)4-7/h2-6H,1H3,(H2,19,20,21,23). The number of nitro groups is 1. The normalized spacial score (nSPS) is 10.6. The van der Waals surface area contributed by atoms with Crippen LogP contribution in [0.4, 0.5) is 17.3 Å². The smallest absolute Gasteiger partial charge is 0.340 e. The van der Waals surface area contributed by atoms with Gasteiger partial charge in [-0.15, -0.1) is 0 Å². The number of nitrogens with zero attached hydrogens (tertiary/aromatic N) is 3. The van der Waals surface area contributed by atoms with Gasteiger partial charge in [0, 0.05) is 17.8 Å². The molecule has 0 aliphatic carbocycles. The Balaban J connectivity index is 2.16. The molecule has 2 N–H and O–H groups in total. The summed E-state index contributed by atoms with van der Waals surface area (Å²) in [4.78, 5) is 30.4. The van der Waals surface area contributed by atoms with Gasteiger partial charge in [0.2, 0.25) is 11.8 Å². The number of ether oxygens (including phenoxy) is 1. The molecule has 0 radical (unpaired) electrons. The van der Waals surface area contributed by atoms with Crippen LogP contribution in [-0.4, -0.2) is 33.1 Å². The number of benzene rings is 2. The monoisotopic (exact) mass is 408 g/mol. The Labute approximate surface area is 161 Å². The molecule has 27 heavy (non-hydrogen) atoms. The second-order valence-corrected chi connectivity index (χ2v) is 6.08. The van der Waals surface area contributed by atoms with Crippen molar-refractivity contribution in [2.45, 2.75) is 0 Å². The van der Waals surface area contributed by atoms with Crippen molar-refractivity contribution < 1.29 is 19.6 Å². The first kappa shape index (κ1) is 18.6. The Kier molecular flexibility index (Phi) is 4.98. The molecule has 3 aromatic rings. The van der Waals surface area contributed by atoms with Gasteiger partial charge in [0.25, 0.3) is 5.69 Å². The summed E-state index contributed by atoms with van der Waals surface area (Å²) in [6, 6.07) is 6.77. The molecule has 11 heteroatoms. The number of aromatic hydroxyl groups is 1. The fraction of sp³-hybridized carbons (Fsp3) is 0.0625. The Morgan fingerprint density at radius 1 is 1.22 bits per heavy atom. The summed E-state index contributed by atoms with van der Waals surface area (Å²) in [5.41, 5.74) is -0.129. The molecule has 138 valence electrons. The average molecular weight is 409 g/mol. The van der Waals surface area contributed by atoms with Gasteiger partial charge in [-0.2, -0.15) is 4.98 Å². The van der Waals surface area contributed by atoms with Crippen LogP contribution in [0.25, 0.3) is 10.9 Å². The zero-order chi connectivity index (χ0) is 19.7. The Morgan fingerprint density at radius 2 is 1.96 bits per heavy atom. The molecule has 0 fully saturated rings. The average Bonchev–Trinajstić information content (AvgIpc) is 2.63. The summed E-state index contributed by atoms with van der Waals surface area (Å²) >= 11 is 11.8. The first-order valence-corrected chi connectivity index (χ1v) is 8.05. The van der Waals surface area contributed by atoms with Crippen molar-refractivity contribution in [2.75, 3.05) is 12.4 Å². The summed E-state index contributed by atoms with van der Waals surface area (Å²) < 4.78 is 4.65. The minimum atomic E-state index is -0.845. The number of nitro benzene ring substituents is 1. The van der Waals surface area contributed by atoms with Crippen molar-refractivity contribution >= 4 is 57.4 Å². The number of halogens is 2. The van der Waals surface area contributed by atoms with Crippen LogP contribution >= 0.6 is 23.2 Å². The molecule has 1 aromatic heterocycles. The van der Waals surface area contributed by atoms with Crippen LogP contribution in [0.1, 0.15) is 10.4 Å². The van der Waals surface area contributed by atoms with Crippen LogP contribution in [-0.2, 0) is 4.74 Å². The highest BCUT2D eigenvalue weighted by atomic mass is 35.5. The second-order valence-electron chi connectivity index (χ2n) is 5.26. The van der Waals surface area contributed by atoms with Crippen molar-refractivity contribution in [3.8, 4) is 5.88 Å². The molecule has 2 aromatic carbocycles.